The van der Waals surface area contributed by atoms with E-state index in [1.165, 1.54) is 7.11 Å². The number of urea groups is 1. The average Bonchev–Trinajstić information content (AvgIpc) is 2.51. The van der Waals surface area contributed by atoms with Gasteiger partial charge in [0.25, 0.3) is 0 Å². The molecule has 0 aromatic heterocycles. The molecule has 0 aliphatic carbocycles. The number of carboxylic acid groups (broad SMARTS) is 1. The molecule has 0 unspecified atom stereocenters. The van der Waals surface area contributed by atoms with Crippen LogP contribution in [-0.2, 0) is 11.3 Å². The maximum absolute atomic E-state index is 11.6. The molecule has 2 amide bonds. The standard InChI is InChI=1S/C15H21ClN2O5/c1-3-23-14-11(16)7-10(8-12(14)22-2)9-18-15(21)17-6-4-5-13(19)20/h7-8H,3-6,9H2,1-2H3,(H,19,20)(H2,17,18,21). The van der Waals surface area contributed by atoms with Crippen molar-refractivity contribution in [3.8, 4) is 11.5 Å². The molecule has 0 bridgehead atoms. The zero-order chi connectivity index (χ0) is 17.2. The summed E-state index contributed by atoms with van der Waals surface area (Å²) < 4.78 is 10.7. The Hall–Kier alpha value is -2.15. The number of amides is 2. The van der Waals surface area contributed by atoms with E-state index in [0.29, 0.717) is 36.1 Å². The van der Waals surface area contributed by atoms with Gasteiger partial charge in [-0.2, -0.15) is 0 Å². The molecule has 0 aliphatic rings. The smallest absolute Gasteiger partial charge is 0.315 e. The lowest BCUT2D eigenvalue weighted by Crippen LogP contribution is -2.35. The van der Waals surface area contributed by atoms with Crippen molar-refractivity contribution in [2.24, 2.45) is 0 Å². The van der Waals surface area contributed by atoms with Gasteiger partial charge < -0.3 is 25.2 Å². The fourth-order valence-corrected chi connectivity index (χ4v) is 2.13. The van der Waals surface area contributed by atoms with Crippen LogP contribution in [-0.4, -0.2) is 37.4 Å². The Labute approximate surface area is 139 Å². The predicted molar refractivity (Wildman–Crippen MR) is 86.3 cm³/mol. The second kappa shape index (κ2) is 9.78. The first-order valence-corrected chi connectivity index (χ1v) is 7.58. The van der Waals surface area contributed by atoms with Crippen LogP contribution in [0.1, 0.15) is 25.3 Å². The number of rotatable bonds is 9. The van der Waals surface area contributed by atoms with Gasteiger partial charge in [0.1, 0.15) is 0 Å². The van der Waals surface area contributed by atoms with Crippen molar-refractivity contribution in [2.75, 3.05) is 20.3 Å². The number of halogens is 1. The number of hydrogen-bond acceptors (Lipinski definition) is 4. The van der Waals surface area contributed by atoms with Crippen molar-refractivity contribution in [1.29, 1.82) is 0 Å². The molecule has 3 N–H and O–H groups in total. The van der Waals surface area contributed by atoms with E-state index in [-0.39, 0.29) is 19.0 Å². The second-order valence-electron chi connectivity index (χ2n) is 4.65. The minimum atomic E-state index is -0.886. The summed E-state index contributed by atoms with van der Waals surface area (Å²) in [6.45, 7) is 2.87. The number of aliphatic carboxylic acids is 1. The van der Waals surface area contributed by atoms with Crippen molar-refractivity contribution in [1.82, 2.24) is 10.6 Å². The summed E-state index contributed by atoms with van der Waals surface area (Å²) in [7, 11) is 1.51. The summed E-state index contributed by atoms with van der Waals surface area (Å²) in [6.07, 6.45) is 0.400. The van der Waals surface area contributed by atoms with E-state index in [2.05, 4.69) is 10.6 Å². The van der Waals surface area contributed by atoms with E-state index in [1.807, 2.05) is 6.92 Å². The predicted octanol–water partition coefficient (Wildman–Crippen LogP) is 2.41. The van der Waals surface area contributed by atoms with Gasteiger partial charge in [-0.05, 0) is 31.0 Å². The van der Waals surface area contributed by atoms with Gasteiger partial charge in [0.05, 0.1) is 18.7 Å². The fourth-order valence-electron chi connectivity index (χ4n) is 1.85. The minimum absolute atomic E-state index is 0.0198. The van der Waals surface area contributed by atoms with Gasteiger partial charge in [0.15, 0.2) is 11.5 Å². The van der Waals surface area contributed by atoms with Crippen molar-refractivity contribution >= 4 is 23.6 Å². The van der Waals surface area contributed by atoms with Gasteiger partial charge in [0, 0.05) is 19.5 Å². The number of benzene rings is 1. The number of ether oxygens (including phenoxy) is 2. The van der Waals surface area contributed by atoms with Gasteiger partial charge in [-0.15, -0.1) is 0 Å². The Balaban J connectivity index is 2.52. The van der Waals surface area contributed by atoms with E-state index < -0.39 is 5.97 Å². The van der Waals surface area contributed by atoms with Gasteiger partial charge in [-0.25, -0.2) is 4.79 Å². The number of hydrogen-bond donors (Lipinski definition) is 3. The zero-order valence-corrected chi connectivity index (χ0v) is 13.9. The van der Waals surface area contributed by atoms with E-state index >= 15 is 0 Å². The van der Waals surface area contributed by atoms with Gasteiger partial charge in [-0.1, -0.05) is 11.6 Å². The molecule has 23 heavy (non-hydrogen) atoms. The topological polar surface area (TPSA) is 96.9 Å². The van der Waals surface area contributed by atoms with E-state index in [1.54, 1.807) is 12.1 Å². The molecule has 0 fully saturated rings. The lowest BCUT2D eigenvalue weighted by atomic mass is 10.2. The van der Waals surface area contributed by atoms with Crippen LogP contribution in [0.5, 0.6) is 11.5 Å². The van der Waals surface area contributed by atoms with Crippen LogP contribution >= 0.6 is 11.6 Å². The summed E-state index contributed by atoms with van der Waals surface area (Å²) in [4.78, 5) is 22.0. The fraction of sp³-hybridized carbons (Fsp3) is 0.467. The molecule has 128 valence electrons. The molecule has 1 aromatic rings. The van der Waals surface area contributed by atoms with E-state index in [9.17, 15) is 9.59 Å². The molecule has 0 aliphatic heterocycles. The lowest BCUT2D eigenvalue weighted by molar-refractivity contribution is -0.137. The summed E-state index contributed by atoms with van der Waals surface area (Å²) in [5, 5.41) is 14.2. The summed E-state index contributed by atoms with van der Waals surface area (Å²) in [5.41, 5.74) is 0.760. The maximum Gasteiger partial charge on any atom is 0.315 e. The first kappa shape index (κ1) is 18.9. The lowest BCUT2D eigenvalue weighted by Gasteiger charge is -2.13. The average molecular weight is 345 g/mol. The highest BCUT2D eigenvalue weighted by Crippen LogP contribution is 2.36. The van der Waals surface area contributed by atoms with Gasteiger partial charge >= 0.3 is 12.0 Å². The number of carbonyl (C=O) groups excluding carboxylic acids is 1. The first-order chi connectivity index (χ1) is 11.0. The third-order valence-corrected chi connectivity index (χ3v) is 3.16. The molecule has 0 heterocycles. The number of methoxy groups -OCH3 is 1. The van der Waals surface area contributed by atoms with E-state index in [0.717, 1.165) is 5.56 Å². The molecule has 0 spiro atoms. The Morgan fingerprint density at radius 2 is 2.04 bits per heavy atom. The molecule has 7 nitrogen and oxygen atoms in total. The van der Waals surface area contributed by atoms with Crippen LogP contribution < -0.4 is 20.1 Å². The monoisotopic (exact) mass is 344 g/mol. The third kappa shape index (κ3) is 6.65. The molecular formula is C15H21ClN2O5. The van der Waals surface area contributed by atoms with Crippen molar-refractivity contribution in [3.05, 3.63) is 22.7 Å². The molecule has 0 saturated heterocycles. The number of nitrogens with one attached hydrogen (secondary N) is 2. The molecule has 1 aromatic carbocycles. The van der Waals surface area contributed by atoms with Crippen LogP contribution in [0, 0.1) is 0 Å². The largest absolute Gasteiger partial charge is 0.493 e. The SMILES string of the molecule is CCOc1c(Cl)cc(CNC(=O)NCCCC(=O)O)cc1OC. The summed E-state index contributed by atoms with van der Waals surface area (Å²) in [5.74, 6) is 0.0832. The van der Waals surface area contributed by atoms with Crippen LogP contribution in [0.4, 0.5) is 4.79 Å². The third-order valence-electron chi connectivity index (χ3n) is 2.88. The second-order valence-corrected chi connectivity index (χ2v) is 5.06. The molecular weight excluding hydrogens is 324 g/mol. The summed E-state index contributed by atoms with van der Waals surface area (Å²) >= 11 is 6.15. The highest BCUT2D eigenvalue weighted by molar-refractivity contribution is 6.32. The quantitative estimate of drug-likeness (QED) is 0.598. The molecule has 0 saturated carbocycles. The Morgan fingerprint density at radius 1 is 1.30 bits per heavy atom. The minimum Gasteiger partial charge on any atom is -0.493 e. The van der Waals surface area contributed by atoms with Crippen molar-refractivity contribution in [2.45, 2.75) is 26.3 Å². The highest BCUT2D eigenvalue weighted by Gasteiger charge is 2.12. The van der Waals surface area contributed by atoms with Crippen LogP contribution in [0.25, 0.3) is 0 Å². The Bertz CT molecular complexity index is 551. The number of carbonyl (C=O) groups is 2. The van der Waals surface area contributed by atoms with Crippen molar-refractivity contribution in [3.63, 3.8) is 0 Å². The number of carboxylic acids is 1. The summed E-state index contributed by atoms with van der Waals surface area (Å²) in [6, 6.07) is 3.06. The van der Waals surface area contributed by atoms with Crippen molar-refractivity contribution < 1.29 is 24.2 Å². The van der Waals surface area contributed by atoms with Crippen LogP contribution in [0.2, 0.25) is 5.02 Å². The Kier molecular flexibility index (Phi) is 8.04. The molecule has 0 radical (unpaired) electrons. The molecule has 1 rings (SSSR count). The highest BCUT2D eigenvalue weighted by atomic mass is 35.5. The zero-order valence-electron chi connectivity index (χ0n) is 13.1. The van der Waals surface area contributed by atoms with Crippen LogP contribution in [0.15, 0.2) is 12.1 Å². The first-order valence-electron chi connectivity index (χ1n) is 7.20. The maximum atomic E-state index is 11.6. The van der Waals surface area contributed by atoms with E-state index in [4.69, 9.17) is 26.2 Å². The van der Waals surface area contributed by atoms with Gasteiger partial charge in [0.2, 0.25) is 0 Å². The Morgan fingerprint density at radius 3 is 2.65 bits per heavy atom. The molecule has 0 atom stereocenters. The van der Waals surface area contributed by atoms with Crippen LogP contribution in [0.3, 0.4) is 0 Å². The molecule has 8 heteroatoms. The van der Waals surface area contributed by atoms with Gasteiger partial charge in [-0.3, -0.25) is 4.79 Å². The normalized spacial score (nSPS) is 10.0.